The van der Waals surface area contributed by atoms with E-state index in [-0.39, 0.29) is 37.5 Å². The van der Waals surface area contributed by atoms with Gasteiger partial charge in [-0.05, 0) is 49.6 Å². The molecule has 0 radical (unpaired) electrons. The number of nitrogens with zero attached hydrogens (tertiary/aromatic N) is 5. The number of ketones is 1. The highest BCUT2D eigenvalue weighted by Gasteiger charge is 2.40. The smallest absolute Gasteiger partial charge is 0.245 e. The molecule has 3 heterocycles. The molecule has 5 rings (SSSR count). The Labute approximate surface area is 247 Å². The molecule has 2 aromatic heterocycles. The number of hydrogen-bond acceptors (Lipinski definition) is 6. The molecular weight excluding hydrogens is 554 g/mol. The zero-order valence-corrected chi connectivity index (χ0v) is 24.4. The summed E-state index contributed by atoms with van der Waals surface area (Å²) >= 11 is 0. The molecule has 0 unspecified atom stereocenters. The van der Waals surface area contributed by atoms with Crippen molar-refractivity contribution < 1.29 is 23.2 Å². The molecule has 1 fully saturated rings. The number of Topliss-reactive ketones (excluding diaryl/α,β-unsaturated/α-hetero) is 1. The van der Waals surface area contributed by atoms with E-state index in [4.69, 9.17) is 0 Å². The maximum absolute atomic E-state index is 14.9. The topological polar surface area (TPSA) is 110 Å². The number of likely N-dealkylation sites (tertiary alicyclic amines) is 1. The minimum Gasteiger partial charge on any atom is -0.348 e. The summed E-state index contributed by atoms with van der Waals surface area (Å²) in [6.07, 6.45) is 1.76. The van der Waals surface area contributed by atoms with Gasteiger partial charge in [-0.3, -0.25) is 19.1 Å². The van der Waals surface area contributed by atoms with Gasteiger partial charge in [-0.1, -0.05) is 35.9 Å². The lowest BCUT2D eigenvalue weighted by molar-refractivity contribution is -0.139. The summed E-state index contributed by atoms with van der Waals surface area (Å²) in [5.41, 5.74) is 4.31. The first kappa shape index (κ1) is 29.7. The molecule has 9 nitrogen and oxygen atoms in total. The van der Waals surface area contributed by atoms with Crippen LogP contribution in [-0.4, -0.2) is 67.5 Å². The van der Waals surface area contributed by atoms with Crippen LogP contribution < -0.4 is 5.32 Å². The molecule has 2 atom stereocenters. The Morgan fingerprint density at radius 2 is 1.77 bits per heavy atom. The number of alkyl halides is 1. The van der Waals surface area contributed by atoms with E-state index in [1.54, 1.807) is 44.4 Å². The number of hydrogen-bond donors (Lipinski definition) is 1. The average Bonchev–Trinajstić information content (AvgIpc) is 3.56. The summed E-state index contributed by atoms with van der Waals surface area (Å²) in [5, 5.41) is 7.46. The highest BCUT2D eigenvalue weighted by molar-refractivity contribution is 6.06. The summed E-state index contributed by atoms with van der Waals surface area (Å²) in [4.78, 5) is 48.5. The van der Waals surface area contributed by atoms with Crippen molar-refractivity contribution in [1.82, 2.24) is 30.0 Å². The second-order valence-electron chi connectivity index (χ2n) is 10.8. The Balaban J connectivity index is 1.33. The highest BCUT2D eigenvalue weighted by atomic mass is 19.1. The maximum atomic E-state index is 14.9. The van der Waals surface area contributed by atoms with Crippen molar-refractivity contribution in [2.45, 2.75) is 52.9 Å². The molecule has 43 heavy (non-hydrogen) atoms. The summed E-state index contributed by atoms with van der Waals surface area (Å²) in [6.45, 7) is 5.74. The van der Waals surface area contributed by atoms with Gasteiger partial charge in [0.05, 0.1) is 18.6 Å². The fraction of sp³-hybridized carbons (Fsp3) is 0.312. The lowest BCUT2D eigenvalue weighted by atomic mass is 10.0. The van der Waals surface area contributed by atoms with Crippen molar-refractivity contribution in [2.24, 2.45) is 0 Å². The van der Waals surface area contributed by atoms with Crippen LogP contribution in [0.25, 0.3) is 27.6 Å². The van der Waals surface area contributed by atoms with E-state index in [1.165, 1.54) is 11.6 Å². The molecule has 1 aliphatic heterocycles. The third-order valence-electron chi connectivity index (χ3n) is 7.63. The van der Waals surface area contributed by atoms with Crippen LogP contribution in [0.2, 0.25) is 0 Å². The summed E-state index contributed by atoms with van der Waals surface area (Å²) < 4.78 is 30.8. The third kappa shape index (κ3) is 6.35. The van der Waals surface area contributed by atoms with E-state index < -0.39 is 29.9 Å². The van der Waals surface area contributed by atoms with Gasteiger partial charge in [-0.15, -0.1) is 0 Å². The molecule has 222 valence electrons. The number of aryl methyl sites for hydroxylation is 2. The van der Waals surface area contributed by atoms with E-state index in [1.807, 2.05) is 31.2 Å². The molecule has 2 aromatic carbocycles. The van der Waals surface area contributed by atoms with Gasteiger partial charge in [0, 0.05) is 36.7 Å². The zero-order chi connectivity index (χ0) is 30.8. The van der Waals surface area contributed by atoms with Crippen LogP contribution in [0.15, 0.2) is 60.7 Å². The largest absolute Gasteiger partial charge is 0.348 e. The number of rotatable bonds is 8. The van der Waals surface area contributed by atoms with Crippen molar-refractivity contribution in [3.05, 3.63) is 83.3 Å². The van der Waals surface area contributed by atoms with Crippen molar-refractivity contribution in [3.8, 4) is 11.1 Å². The monoisotopic (exact) mass is 586 g/mol. The van der Waals surface area contributed by atoms with E-state index in [9.17, 15) is 23.2 Å². The second kappa shape index (κ2) is 12.2. The number of allylic oxidation sites excluding steroid dienone is 1. The molecule has 1 N–H and O–H groups in total. The van der Waals surface area contributed by atoms with E-state index in [2.05, 4.69) is 20.4 Å². The number of nitrogens with one attached hydrogen (secondary N) is 1. The average molecular weight is 587 g/mol. The number of carbonyl (C=O) groups excluding carboxylic acids is 3. The normalized spacial score (nSPS) is 17.2. The van der Waals surface area contributed by atoms with Crippen LogP contribution >= 0.6 is 0 Å². The van der Waals surface area contributed by atoms with Crippen molar-refractivity contribution in [3.63, 3.8) is 0 Å². The Morgan fingerprint density at radius 1 is 1.02 bits per heavy atom. The molecule has 0 aliphatic carbocycles. The minimum atomic E-state index is -1.41. The lowest BCUT2D eigenvalue weighted by Crippen LogP contribution is -2.47. The van der Waals surface area contributed by atoms with Gasteiger partial charge < -0.3 is 10.2 Å². The van der Waals surface area contributed by atoms with Gasteiger partial charge >= 0.3 is 0 Å². The van der Waals surface area contributed by atoms with Gasteiger partial charge in [-0.25, -0.2) is 18.7 Å². The van der Waals surface area contributed by atoms with Gasteiger partial charge in [0.25, 0.3) is 0 Å². The van der Waals surface area contributed by atoms with Crippen LogP contribution in [0.3, 0.4) is 0 Å². The first-order valence-electron chi connectivity index (χ1n) is 14.0. The van der Waals surface area contributed by atoms with Crippen molar-refractivity contribution in [1.29, 1.82) is 0 Å². The van der Waals surface area contributed by atoms with Gasteiger partial charge in [0.15, 0.2) is 5.78 Å². The molecule has 0 spiro atoms. The van der Waals surface area contributed by atoms with Crippen LogP contribution in [0.1, 0.15) is 47.7 Å². The molecule has 1 saturated heterocycles. The molecule has 1 aliphatic rings. The number of aromatic nitrogens is 4. The van der Waals surface area contributed by atoms with Crippen LogP contribution in [0, 0.1) is 13.8 Å². The molecule has 11 heteroatoms. The number of amides is 2. The number of carbonyl (C=O) groups is 3. The van der Waals surface area contributed by atoms with Gasteiger partial charge in [0.1, 0.15) is 36.1 Å². The fourth-order valence-electron chi connectivity index (χ4n) is 5.26. The van der Waals surface area contributed by atoms with Crippen LogP contribution in [0.4, 0.5) is 8.78 Å². The summed E-state index contributed by atoms with van der Waals surface area (Å²) in [5.74, 6) is -1.36. The molecule has 2 amide bonds. The first-order chi connectivity index (χ1) is 20.5. The SMILES string of the molecule is CC(=O)c1nn(CC(=O)N2C[C@H](F)C[C@H]2C(=O)NC/C(F)=C(/C)c2cccc(C)c2)c2ccc(-c3cnc(C)nc3)cc12. The molecule has 0 saturated carbocycles. The quantitative estimate of drug-likeness (QED) is 0.298. The minimum absolute atomic E-state index is 0.183. The van der Waals surface area contributed by atoms with Crippen LogP contribution in [0.5, 0.6) is 0 Å². The lowest BCUT2D eigenvalue weighted by Gasteiger charge is -2.23. The Hall–Kier alpha value is -4.80. The highest BCUT2D eigenvalue weighted by Crippen LogP contribution is 2.28. The van der Waals surface area contributed by atoms with Crippen molar-refractivity contribution >= 4 is 34.1 Å². The van der Waals surface area contributed by atoms with Crippen LogP contribution in [-0.2, 0) is 16.1 Å². The number of benzene rings is 2. The first-order valence-corrected chi connectivity index (χ1v) is 14.0. The Bertz CT molecular complexity index is 1750. The van der Waals surface area contributed by atoms with Crippen molar-refractivity contribution in [2.75, 3.05) is 13.1 Å². The standard InChI is InChI=1S/C32H32F2N6O3/c1-18-6-5-7-22(10-18)19(2)27(34)15-37-32(43)29-12-25(33)16-39(29)30(42)17-40-28-9-8-23(24-13-35-21(4)36-14-24)11-26(28)31(38-40)20(3)41/h5-11,13-14,25,29H,12,15-17H2,1-4H3,(H,37,43)/b27-19+/t25-,29+/m1/s1. The predicted molar refractivity (Wildman–Crippen MR) is 158 cm³/mol. The Kier molecular flexibility index (Phi) is 8.43. The molecule has 0 bridgehead atoms. The van der Waals surface area contributed by atoms with Gasteiger partial charge in [-0.2, -0.15) is 5.10 Å². The number of halogens is 2. The molecular formula is C32H32F2N6O3. The summed E-state index contributed by atoms with van der Waals surface area (Å²) in [6, 6.07) is 11.6. The second-order valence-corrected chi connectivity index (χ2v) is 10.8. The number of fused-ring (bicyclic) bond motifs is 1. The third-order valence-corrected chi connectivity index (χ3v) is 7.63. The maximum Gasteiger partial charge on any atom is 0.245 e. The Morgan fingerprint density at radius 3 is 2.47 bits per heavy atom. The molecule has 4 aromatic rings. The summed E-state index contributed by atoms with van der Waals surface area (Å²) in [7, 11) is 0. The predicted octanol–water partition coefficient (Wildman–Crippen LogP) is 4.77. The zero-order valence-electron chi connectivity index (χ0n) is 24.4. The van der Waals surface area contributed by atoms with Gasteiger partial charge in [0.2, 0.25) is 11.8 Å². The fourth-order valence-corrected chi connectivity index (χ4v) is 5.26. The van der Waals surface area contributed by atoms with E-state index >= 15 is 0 Å². The van der Waals surface area contributed by atoms with E-state index in [0.717, 1.165) is 21.6 Å². The van der Waals surface area contributed by atoms with E-state index in [0.29, 0.717) is 27.9 Å².